The van der Waals surface area contributed by atoms with Crippen LogP contribution < -0.4 is 0 Å². The summed E-state index contributed by atoms with van der Waals surface area (Å²) in [5.41, 5.74) is -0.122. The van der Waals surface area contributed by atoms with Crippen molar-refractivity contribution in [3.05, 3.63) is 52.8 Å². The van der Waals surface area contributed by atoms with Gasteiger partial charge in [-0.3, -0.25) is 4.79 Å². The second kappa shape index (κ2) is 5.31. The summed E-state index contributed by atoms with van der Waals surface area (Å²) in [5, 5.41) is 0.103. The summed E-state index contributed by atoms with van der Waals surface area (Å²) >= 11 is 5.87. The van der Waals surface area contributed by atoms with Gasteiger partial charge >= 0.3 is 0 Å². The van der Waals surface area contributed by atoms with Crippen molar-refractivity contribution < 1.29 is 9.18 Å². The fourth-order valence-corrected chi connectivity index (χ4v) is 2.01. The van der Waals surface area contributed by atoms with Gasteiger partial charge in [-0.2, -0.15) is 0 Å². The average molecular weight is 267 g/mol. The van der Waals surface area contributed by atoms with Crippen molar-refractivity contribution in [2.24, 2.45) is 0 Å². The molecule has 18 heavy (non-hydrogen) atoms. The minimum absolute atomic E-state index is 0.103. The molecule has 2 rings (SSSR count). The van der Waals surface area contributed by atoms with E-state index in [1.54, 1.807) is 10.8 Å². The summed E-state index contributed by atoms with van der Waals surface area (Å²) in [7, 11) is 0. The Kier molecular flexibility index (Phi) is 3.77. The molecular weight excluding hydrogens is 255 g/mol. The first-order chi connectivity index (χ1) is 8.65. The van der Waals surface area contributed by atoms with Crippen molar-refractivity contribution in [1.29, 1.82) is 0 Å². The van der Waals surface area contributed by atoms with Crippen LogP contribution in [0.3, 0.4) is 0 Å². The van der Waals surface area contributed by atoms with E-state index >= 15 is 0 Å². The van der Waals surface area contributed by atoms with Crippen molar-refractivity contribution in [2.45, 2.75) is 19.9 Å². The number of ketones is 1. The van der Waals surface area contributed by atoms with Crippen LogP contribution in [0.1, 0.15) is 29.5 Å². The van der Waals surface area contributed by atoms with Gasteiger partial charge in [0.15, 0.2) is 5.82 Å². The van der Waals surface area contributed by atoms with Crippen LogP contribution in [0.5, 0.6) is 0 Å². The van der Waals surface area contributed by atoms with E-state index in [9.17, 15) is 9.18 Å². The zero-order chi connectivity index (χ0) is 13.1. The van der Waals surface area contributed by atoms with Crippen molar-refractivity contribution in [1.82, 2.24) is 9.55 Å². The van der Waals surface area contributed by atoms with Gasteiger partial charge in [0.2, 0.25) is 5.78 Å². The summed E-state index contributed by atoms with van der Waals surface area (Å²) in [5.74, 6) is -0.904. The topological polar surface area (TPSA) is 34.9 Å². The number of benzene rings is 1. The number of carbonyl (C=O) groups is 1. The lowest BCUT2D eigenvalue weighted by Crippen LogP contribution is -2.13. The number of hydrogen-bond acceptors (Lipinski definition) is 2. The molecule has 0 amide bonds. The molecule has 0 aliphatic heterocycles. The predicted octanol–water partition coefficient (Wildman–Crippen LogP) is 3.32. The molecule has 0 radical (unpaired) electrons. The van der Waals surface area contributed by atoms with Crippen LogP contribution in [0.25, 0.3) is 0 Å². The van der Waals surface area contributed by atoms with E-state index in [4.69, 9.17) is 11.6 Å². The second-order valence-corrected chi connectivity index (χ2v) is 4.28. The molecule has 0 spiro atoms. The SMILES string of the molecule is CCCn1ccnc1C(=O)c1c(F)cccc1Cl. The highest BCUT2D eigenvalue weighted by Crippen LogP contribution is 2.21. The number of imidazole rings is 1. The molecule has 1 aromatic heterocycles. The van der Waals surface area contributed by atoms with E-state index in [2.05, 4.69) is 4.98 Å². The summed E-state index contributed by atoms with van der Waals surface area (Å²) in [6.07, 6.45) is 4.09. The van der Waals surface area contributed by atoms with Gasteiger partial charge < -0.3 is 4.57 Å². The zero-order valence-corrected chi connectivity index (χ0v) is 10.6. The number of carbonyl (C=O) groups excluding carboxylic acids is 1. The number of nitrogens with zero attached hydrogens (tertiary/aromatic N) is 2. The standard InChI is InChI=1S/C13H12ClFN2O/c1-2-7-17-8-6-16-13(17)12(18)11-9(14)4-3-5-10(11)15/h3-6,8H,2,7H2,1H3. The molecule has 0 N–H and O–H groups in total. The lowest BCUT2D eigenvalue weighted by molar-refractivity contribution is 0.102. The second-order valence-electron chi connectivity index (χ2n) is 3.87. The van der Waals surface area contributed by atoms with E-state index in [0.717, 1.165) is 6.42 Å². The van der Waals surface area contributed by atoms with Gasteiger partial charge in [0.05, 0.1) is 10.6 Å². The summed E-state index contributed by atoms with van der Waals surface area (Å²) in [6.45, 7) is 2.65. The molecule has 1 heterocycles. The van der Waals surface area contributed by atoms with Crippen LogP contribution in [-0.4, -0.2) is 15.3 Å². The molecule has 94 valence electrons. The molecule has 0 bridgehead atoms. The maximum atomic E-state index is 13.7. The Morgan fingerprint density at radius 1 is 1.50 bits per heavy atom. The van der Waals surface area contributed by atoms with Gasteiger partial charge in [-0.15, -0.1) is 0 Å². The van der Waals surface area contributed by atoms with E-state index < -0.39 is 11.6 Å². The Morgan fingerprint density at radius 3 is 2.94 bits per heavy atom. The van der Waals surface area contributed by atoms with E-state index in [0.29, 0.717) is 6.54 Å². The smallest absolute Gasteiger partial charge is 0.232 e. The van der Waals surface area contributed by atoms with E-state index in [1.807, 2.05) is 6.92 Å². The van der Waals surface area contributed by atoms with Crippen molar-refractivity contribution >= 4 is 17.4 Å². The Morgan fingerprint density at radius 2 is 2.28 bits per heavy atom. The maximum absolute atomic E-state index is 13.7. The van der Waals surface area contributed by atoms with Crippen molar-refractivity contribution in [3.8, 4) is 0 Å². The van der Waals surface area contributed by atoms with Gasteiger partial charge in [0, 0.05) is 18.9 Å². The molecule has 0 aliphatic rings. The van der Waals surface area contributed by atoms with Gasteiger partial charge in [0.1, 0.15) is 5.82 Å². The van der Waals surface area contributed by atoms with E-state index in [1.165, 1.54) is 24.4 Å². The largest absolute Gasteiger partial charge is 0.328 e. The minimum Gasteiger partial charge on any atom is -0.328 e. The Bertz CT molecular complexity index is 560. The van der Waals surface area contributed by atoms with Crippen LogP contribution in [0.4, 0.5) is 4.39 Å². The minimum atomic E-state index is -0.626. The normalized spacial score (nSPS) is 10.6. The van der Waals surface area contributed by atoms with Gasteiger partial charge in [-0.1, -0.05) is 24.6 Å². The molecule has 0 fully saturated rings. The van der Waals surface area contributed by atoms with Crippen molar-refractivity contribution in [2.75, 3.05) is 0 Å². The molecule has 0 saturated heterocycles. The van der Waals surface area contributed by atoms with Gasteiger partial charge in [0.25, 0.3) is 0 Å². The number of rotatable bonds is 4. The number of halogens is 2. The zero-order valence-electron chi connectivity index (χ0n) is 9.86. The van der Waals surface area contributed by atoms with Crippen LogP contribution in [-0.2, 0) is 6.54 Å². The fourth-order valence-electron chi connectivity index (χ4n) is 1.77. The predicted molar refractivity (Wildman–Crippen MR) is 67.4 cm³/mol. The van der Waals surface area contributed by atoms with Crippen LogP contribution >= 0.6 is 11.6 Å². The Hall–Kier alpha value is -1.68. The Labute approximate surface area is 109 Å². The summed E-state index contributed by atoms with van der Waals surface area (Å²) < 4.78 is 15.4. The maximum Gasteiger partial charge on any atom is 0.232 e. The third kappa shape index (κ3) is 2.29. The fraction of sp³-hybridized carbons (Fsp3) is 0.231. The van der Waals surface area contributed by atoms with Gasteiger partial charge in [-0.05, 0) is 18.6 Å². The lowest BCUT2D eigenvalue weighted by Gasteiger charge is -2.07. The first kappa shape index (κ1) is 12.8. The average Bonchev–Trinajstić information content (AvgIpc) is 2.77. The van der Waals surface area contributed by atoms with Crippen molar-refractivity contribution in [3.63, 3.8) is 0 Å². The highest BCUT2D eigenvalue weighted by atomic mass is 35.5. The molecule has 5 heteroatoms. The molecule has 0 unspecified atom stereocenters. The lowest BCUT2D eigenvalue weighted by atomic mass is 10.1. The number of aromatic nitrogens is 2. The highest BCUT2D eigenvalue weighted by Gasteiger charge is 2.21. The number of hydrogen-bond donors (Lipinski definition) is 0. The Balaban J connectivity index is 2.45. The highest BCUT2D eigenvalue weighted by molar-refractivity contribution is 6.34. The summed E-state index contributed by atoms with van der Waals surface area (Å²) in [6, 6.07) is 4.17. The molecule has 0 aliphatic carbocycles. The van der Waals surface area contributed by atoms with Crippen LogP contribution in [0.15, 0.2) is 30.6 Å². The monoisotopic (exact) mass is 266 g/mol. The van der Waals surface area contributed by atoms with E-state index in [-0.39, 0.29) is 16.4 Å². The third-order valence-electron chi connectivity index (χ3n) is 2.57. The molecule has 3 nitrogen and oxygen atoms in total. The summed E-state index contributed by atoms with van der Waals surface area (Å²) in [4.78, 5) is 16.2. The van der Waals surface area contributed by atoms with Gasteiger partial charge in [-0.25, -0.2) is 9.37 Å². The quantitative estimate of drug-likeness (QED) is 0.796. The van der Waals surface area contributed by atoms with Crippen LogP contribution in [0, 0.1) is 5.82 Å². The first-order valence-electron chi connectivity index (χ1n) is 5.65. The molecule has 0 atom stereocenters. The molecule has 0 saturated carbocycles. The van der Waals surface area contributed by atoms with Crippen LogP contribution in [0.2, 0.25) is 5.02 Å². The molecule has 2 aromatic rings. The molecule has 1 aromatic carbocycles. The molecular formula is C13H12ClFN2O. The number of aryl methyl sites for hydroxylation is 1. The third-order valence-corrected chi connectivity index (χ3v) is 2.89. The first-order valence-corrected chi connectivity index (χ1v) is 6.02.